The third-order valence-corrected chi connectivity index (χ3v) is 0.691. The summed E-state index contributed by atoms with van der Waals surface area (Å²) in [5, 5.41) is 0. The smallest absolute Gasteiger partial charge is 0.434 e. The number of hydrogen-bond donors (Lipinski definition) is 0. The van der Waals surface area contributed by atoms with Crippen LogP contribution in [-0.4, -0.2) is 48.6 Å². The van der Waals surface area contributed by atoms with E-state index in [0.717, 1.165) is 0 Å². The van der Waals surface area contributed by atoms with Crippen molar-refractivity contribution < 1.29 is 23.8 Å². The molecule has 0 N–H and O–H groups in total. The SMILES string of the molecule is CCOC(=O)OC(=O)OCC.[Mg+2]. The van der Waals surface area contributed by atoms with Crippen molar-refractivity contribution in [2.75, 3.05) is 13.2 Å². The predicted molar refractivity (Wildman–Crippen MR) is 40.9 cm³/mol. The van der Waals surface area contributed by atoms with E-state index in [1.165, 1.54) is 0 Å². The Hall–Kier alpha value is -0.494. The van der Waals surface area contributed by atoms with Gasteiger partial charge in [0.05, 0.1) is 13.2 Å². The summed E-state index contributed by atoms with van der Waals surface area (Å²) in [5.74, 6) is 0. The summed E-state index contributed by atoms with van der Waals surface area (Å²) in [5.41, 5.74) is 0. The summed E-state index contributed by atoms with van der Waals surface area (Å²) in [7, 11) is 0. The monoisotopic (exact) mass is 186 g/mol. The zero-order chi connectivity index (χ0) is 8.69. The zero-order valence-electron chi connectivity index (χ0n) is 7.16. The van der Waals surface area contributed by atoms with Gasteiger partial charge in [-0.2, -0.15) is 0 Å². The normalized spacial score (nSPS) is 7.83. The van der Waals surface area contributed by atoms with Crippen LogP contribution in [0.1, 0.15) is 13.8 Å². The molecule has 0 aromatic rings. The second kappa shape index (κ2) is 8.60. The van der Waals surface area contributed by atoms with Crippen molar-refractivity contribution in [3.8, 4) is 0 Å². The van der Waals surface area contributed by atoms with Crippen LogP contribution in [0.4, 0.5) is 9.59 Å². The molecule has 0 rings (SSSR count). The molecule has 6 heteroatoms. The molecule has 0 aliphatic carbocycles. The van der Waals surface area contributed by atoms with Gasteiger partial charge in [0.1, 0.15) is 0 Å². The van der Waals surface area contributed by atoms with Crippen LogP contribution >= 0.6 is 0 Å². The molecule has 0 unspecified atom stereocenters. The van der Waals surface area contributed by atoms with Crippen molar-refractivity contribution in [2.24, 2.45) is 0 Å². The summed E-state index contributed by atoms with van der Waals surface area (Å²) in [6, 6.07) is 0. The molecule has 5 nitrogen and oxygen atoms in total. The molecule has 0 fully saturated rings. The molecule has 0 aliphatic heterocycles. The van der Waals surface area contributed by atoms with E-state index in [0.29, 0.717) is 0 Å². The first kappa shape index (κ1) is 14.1. The number of rotatable bonds is 2. The van der Waals surface area contributed by atoms with Gasteiger partial charge in [-0.1, -0.05) is 0 Å². The van der Waals surface area contributed by atoms with Gasteiger partial charge in [0.25, 0.3) is 0 Å². The minimum absolute atomic E-state index is 0. The van der Waals surface area contributed by atoms with Crippen LogP contribution in [0, 0.1) is 0 Å². The van der Waals surface area contributed by atoms with E-state index in [9.17, 15) is 9.59 Å². The Labute approximate surface area is 86.5 Å². The van der Waals surface area contributed by atoms with Gasteiger partial charge in [0, 0.05) is 0 Å². The molecule has 0 bridgehead atoms. The van der Waals surface area contributed by atoms with Crippen LogP contribution in [0.15, 0.2) is 0 Å². The Bertz CT molecular complexity index is 131. The van der Waals surface area contributed by atoms with Gasteiger partial charge < -0.3 is 14.2 Å². The minimum atomic E-state index is -1.04. The van der Waals surface area contributed by atoms with E-state index in [1.54, 1.807) is 13.8 Å². The first-order valence-electron chi connectivity index (χ1n) is 3.22. The third kappa shape index (κ3) is 7.61. The number of carbonyl (C=O) groups excluding carboxylic acids is 2. The molecule has 0 radical (unpaired) electrons. The molecule has 0 amide bonds. The van der Waals surface area contributed by atoms with E-state index in [-0.39, 0.29) is 36.3 Å². The molecule has 0 aromatic heterocycles. The summed E-state index contributed by atoms with van der Waals surface area (Å²) in [6.07, 6.45) is -2.07. The van der Waals surface area contributed by atoms with Gasteiger partial charge in [-0.05, 0) is 13.8 Å². The second-order valence-corrected chi connectivity index (χ2v) is 1.47. The quantitative estimate of drug-likeness (QED) is 0.365. The standard InChI is InChI=1S/C6H10O5.Mg/c1-3-9-5(7)11-6(8)10-4-2;/h3-4H2,1-2H3;/q;+2. The van der Waals surface area contributed by atoms with Gasteiger partial charge >= 0.3 is 35.4 Å². The van der Waals surface area contributed by atoms with Crippen molar-refractivity contribution in [1.82, 2.24) is 0 Å². The van der Waals surface area contributed by atoms with E-state index < -0.39 is 12.3 Å². The fourth-order valence-corrected chi connectivity index (χ4v) is 0.363. The molecule has 0 atom stereocenters. The molecule has 0 aliphatic rings. The van der Waals surface area contributed by atoms with Crippen molar-refractivity contribution >= 4 is 35.4 Å². The molecule has 0 spiro atoms. The Morgan fingerprint density at radius 1 is 1.00 bits per heavy atom. The van der Waals surface area contributed by atoms with E-state index in [2.05, 4.69) is 14.2 Å². The maximum absolute atomic E-state index is 10.4. The van der Waals surface area contributed by atoms with Gasteiger partial charge in [-0.3, -0.25) is 0 Å². The maximum Gasteiger partial charge on any atom is 2.00 e. The fourth-order valence-electron chi connectivity index (χ4n) is 0.363. The van der Waals surface area contributed by atoms with Crippen LogP contribution in [0.2, 0.25) is 0 Å². The molecular weight excluding hydrogens is 176 g/mol. The molecular formula is C6H10MgO5+2. The fraction of sp³-hybridized carbons (Fsp3) is 0.667. The summed E-state index contributed by atoms with van der Waals surface area (Å²) in [4.78, 5) is 20.8. The molecule has 0 heterocycles. The molecule has 0 saturated heterocycles. The van der Waals surface area contributed by atoms with Gasteiger partial charge in [-0.15, -0.1) is 0 Å². The van der Waals surface area contributed by atoms with Crippen LogP contribution in [0.3, 0.4) is 0 Å². The van der Waals surface area contributed by atoms with Crippen molar-refractivity contribution in [3.63, 3.8) is 0 Å². The number of ether oxygens (including phenoxy) is 3. The average molecular weight is 186 g/mol. The summed E-state index contributed by atoms with van der Waals surface area (Å²) < 4.78 is 12.6. The number of hydrogen-bond acceptors (Lipinski definition) is 5. The van der Waals surface area contributed by atoms with Crippen molar-refractivity contribution in [3.05, 3.63) is 0 Å². The Morgan fingerprint density at radius 3 is 1.58 bits per heavy atom. The molecule has 64 valence electrons. The topological polar surface area (TPSA) is 61.8 Å². The van der Waals surface area contributed by atoms with E-state index in [4.69, 9.17) is 0 Å². The minimum Gasteiger partial charge on any atom is -0.434 e. The summed E-state index contributed by atoms with van der Waals surface area (Å²) in [6.45, 7) is 3.54. The average Bonchev–Trinajstić information content (AvgIpc) is 1.87. The zero-order valence-corrected chi connectivity index (χ0v) is 8.58. The Morgan fingerprint density at radius 2 is 1.33 bits per heavy atom. The van der Waals surface area contributed by atoms with Crippen LogP contribution in [0.5, 0.6) is 0 Å². The van der Waals surface area contributed by atoms with Gasteiger partial charge in [0.2, 0.25) is 0 Å². The Kier molecular flexibility index (Phi) is 10.1. The van der Waals surface area contributed by atoms with Gasteiger partial charge in [0.15, 0.2) is 0 Å². The second-order valence-electron chi connectivity index (χ2n) is 1.47. The van der Waals surface area contributed by atoms with E-state index in [1.807, 2.05) is 0 Å². The van der Waals surface area contributed by atoms with Crippen molar-refractivity contribution in [2.45, 2.75) is 13.8 Å². The predicted octanol–water partition coefficient (Wildman–Crippen LogP) is 0.935. The van der Waals surface area contributed by atoms with Crippen molar-refractivity contribution in [1.29, 1.82) is 0 Å². The molecule has 0 aromatic carbocycles. The molecule has 12 heavy (non-hydrogen) atoms. The first-order valence-corrected chi connectivity index (χ1v) is 3.22. The third-order valence-electron chi connectivity index (χ3n) is 0.691. The first-order chi connectivity index (χ1) is 5.20. The van der Waals surface area contributed by atoms with Gasteiger partial charge in [-0.25, -0.2) is 9.59 Å². The van der Waals surface area contributed by atoms with Crippen LogP contribution in [0.25, 0.3) is 0 Å². The van der Waals surface area contributed by atoms with E-state index >= 15 is 0 Å². The largest absolute Gasteiger partial charge is 2.00 e. The summed E-state index contributed by atoms with van der Waals surface area (Å²) >= 11 is 0. The number of carbonyl (C=O) groups is 2. The van der Waals surface area contributed by atoms with Crippen LogP contribution in [-0.2, 0) is 14.2 Å². The molecule has 0 saturated carbocycles. The van der Waals surface area contributed by atoms with Crippen LogP contribution < -0.4 is 0 Å². The maximum atomic E-state index is 10.4. The Balaban J connectivity index is 0.